The van der Waals surface area contributed by atoms with E-state index in [0.29, 0.717) is 6.04 Å². The molecular formula is C14H20N2OS. The number of likely N-dealkylation sites (N-methyl/N-ethyl adjacent to an activating group) is 1. The molecule has 1 unspecified atom stereocenters. The van der Waals surface area contributed by atoms with Crippen LogP contribution in [0, 0.1) is 0 Å². The van der Waals surface area contributed by atoms with Crippen molar-refractivity contribution in [2.75, 3.05) is 26.2 Å². The second-order valence-corrected chi connectivity index (χ2v) is 5.29. The third-order valence-electron chi connectivity index (χ3n) is 3.57. The Labute approximate surface area is 114 Å². The number of benzene rings is 1. The van der Waals surface area contributed by atoms with Crippen LogP contribution in [0.2, 0.25) is 0 Å². The van der Waals surface area contributed by atoms with E-state index < -0.39 is 0 Å². The Morgan fingerprint density at radius 3 is 2.56 bits per heavy atom. The van der Waals surface area contributed by atoms with Gasteiger partial charge in [0.15, 0.2) is 0 Å². The number of piperazine rings is 1. The van der Waals surface area contributed by atoms with Gasteiger partial charge in [0.1, 0.15) is 0 Å². The number of nitrogens with zero attached hydrogens (tertiary/aromatic N) is 2. The van der Waals surface area contributed by atoms with E-state index in [9.17, 15) is 4.79 Å². The number of carbonyl (C=O) groups is 1. The number of hydrogen-bond donors (Lipinski definition) is 1. The van der Waals surface area contributed by atoms with Gasteiger partial charge in [-0.2, -0.15) is 0 Å². The molecule has 1 fully saturated rings. The van der Waals surface area contributed by atoms with Gasteiger partial charge < -0.3 is 4.90 Å². The summed E-state index contributed by atoms with van der Waals surface area (Å²) in [5.41, 5.74) is 0.755. The lowest BCUT2D eigenvalue weighted by Gasteiger charge is -2.39. The monoisotopic (exact) mass is 264 g/mol. The maximum absolute atomic E-state index is 12.3. The molecule has 0 saturated carbocycles. The minimum atomic E-state index is 0.130. The highest BCUT2D eigenvalue weighted by Crippen LogP contribution is 2.14. The number of thiol groups is 1. The largest absolute Gasteiger partial charge is 0.336 e. The van der Waals surface area contributed by atoms with Crippen LogP contribution in [0.25, 0.3) is 0 Å². The first kappa shape index (κ1) is 13.4. The Morgan fingerprint density at radius 1 is 1.33 bits per heavy atom. The molecule has 0 radical (unpaired) electrons. The predicted molar refractivity (Wildman–Crippen MR) is 76.3 cm³/mol. The van der Waals surface area contributed by atoms with Crippen molar-refractivity contribution in [2.24, 2.45) is 0 Å². The summed E-state index contributed by atoms with van der Waals surface area (Å²) in [4.78, 5) is 17.6. The summed E-state index contributed by atoms with van der Waals surface area (Å²) in [6, 6.07) is 7.87. The summed E-state index contributed by atoms with van der Waals surface area (Å²) in [5, 5.41) is 0. The van der Waals surface area contributed by atoms with Gasteiger partial charge in [0.2, 0.25) is 0 Å². The zero-order chi connectivity index (χ0) is 13.1. The van der Waals surface area contributed by atoms with Gasteiger partial charge in [-0.05, 0) is 37.7 Å². The highest BCUT2D eigenvalue weighted by Gasteiger charge is 2.26. The summed E-state index contributed by atoms with van der Waals surface area (Å²) in [5.74, 6) is 0.130. The number of carbonyl (C=O) groups excluding carboxylic acids is 1. The summed E-state index contributed by atoms with van der Waals surface area (Å²) in [6.07, 6.45) is 0. The zero-order valence-electron chi connectivity index (χ0n) is 11.0. The molecule has 18 heavy (non-hydrogen) atoms. The molecule has 1 atom stereocenters. The average molecular weight is 264 g/mol. The average Bonchev–Trinajstić information content (AvgIpc) is 2.38. The SMILES string of the molecule is CCN1CCN(C(=O)c2ccc(S)cc2)CC1C. The number of amides is 1. The van der Waals surface area contributed by atoms with Gasteiger partial charge in [0, 0.05) is 36.1 Å². The topological polar surface area (TPSA) is 23.6 Å². The molecule has 0 spiro atoms. The van der Waals surface area contributed by atoms with E-state index in [1.54, 1.807) is 0 Å². The van der Waals surface area contributed by atoms with Gasteiger partial charge in [-0.25, -0.2) is 0 Å². The Bertz CT molecular complexity index is 418. The van der Waals surface area contributed by atoms with Gasteiger partial charge in [-0.15, -0.1) is 12.6 Å². The molecule has 1 heterocycles. The molecule has 1 amide bonds. The molecular weight excluding hydrogens is 244 g/mol. The van der Waals surface area contributed by atoms with E-state index in [-0.39, 0.29) is 5.91 Å². The van der Waals surface area contributed by atoms with Crippen LogP contribution in [-0.2, 0) is 0 Å². The van der Waals surface area contributed by atoms with Crippen LogP contribution >= 0.6 is 12.6 Å². The van der Waals surface area contributed by atoms with Crippen LogP contribution < -0.4 is 0 Å². The molecule has 1 aromatic rings. The van der Waals surface area contributed by atoms with Gasteiger partial charge in [-0.1, -0.05) is 6.92 Å². The fraction of sp³-hybridized carbons (Fsp3) is 0.500. The second kappa shape index (κ2) is 5.76. The lowest BCUT2D eigenvalue weighted by atomic mass is 10.1. The van der Waals surface area contributed by atoms with E-state index in [1.165, 1.54) is 0 Å². The number of rotatable bonds is 2. The fourth-order valence-corrected chi connectivity index (χ4v) is 2.59. The van der Waals surface area contributed by atoms with Crippen LogP contribution in [0.3, 0.4) is 0 Å². The normalized spacial score (nSPS) is 21.1. The van der Waals surface area contributed by atoms with E-state index >= 15 is 0 Å². The van der Waals surface area contributed by atoms with Crippen molar-refractivity contribution >= 4 is 18.5 Å². The lowest BCUT2D eigenvalue weighted by Crippen LogP contribution is -2.53. The smallest absolute Gasteiger partial charge is 0.253 e. The molecule has 0 aromatic heterocycles. The van der Waals surface area contributed by atoms with Gasteiger partial charge >= 0.3 is 0 Å². The van der Waals surface area contributed by atoms with Crippen LogP contribution in [-0.4, -0.2) is 47.9 Å². The minimum Gasteiger partial charge on any atom is -0.336 e. The van der Waals surface area contributed by atoms with Crippen molar-refractivity contribution in [3.8, 4) is 0 Å². The standard InChI is InChI=1S/C14H20N2OS/c1-3-15-8-9-16(10-11(15)2)14(17)12-4-6-13(18)7-5-12/h4-7,11,18H,3,8-10H2,1-2H3. The van der Waals surface area contributed by atoms with E-state index in [1.807, 2.05) is 29.2 Å². The van der Waals surface area contributed by atoms with Gasteiger partial charge in [0.25, 0.3) is 5.91 Å². The van der Waals surface area contributed by atoms with E-state index in [0.717, 1.165) is 36.6 Å². The first-order chi connectivity index (χ1) is 8.61. The van der Waals surface area contributed by atoms with Crippen molar-refractivity contribution in [3.63, 3.8) is 0 Å². The first-order valence-corrected chi connectivity index (χ1v) is 6.89. The molecule has 0 aliphatic carbocycles. The van der Waals surface area contributed by atoms with Gasteiger partial charge in [0.05, 0.1) is 0 Å². The quantitative estimate of drug-likeness (QED) is 0.827. The van der Waals surface area contributed by atoms with E-state index in [2.05, 4.69) is 31.4 Å². The molecule has 1 saturated heterocycles. The predicted octanol–water partition coefficient (Wildman–Crippen LogP) is 2.14. The Hall–Kier alpha value is -1.00. The van der Waals surface area contributed by atoms with Crippen molar-refractivity contribution in [2.45, 2.75) is 24.8 Å². The Kier molecular flexibility index (Phi) is 4.30. The fourth-order valence-electron chi connectivity index (χ4n) is 2.44. The molecule has 4 heteroatoms. The molecule has 0 N–H and O–H groups in total. The maximum atomic E-state index is 12.3. The van der Waals surface area contributed by atoms with Crippen molar-refractivity contribution in [1.29, 1.82) is 0 Å². The lowest BCUT2D eigenvalue weighted by molar-refractivity contribution is 0.0528. The van der Waals surface area contributed by atoms with Crippen molar-refractivity contribution in [3.05, 3.63) is 29.8 Å². The summed E-state index contributed by atoms with van der Waals surface area (Å²) < 4.78 is 0. The Morgan fingerprint density at radius 2 is 2.00 bits per heavy atom. The third-order valence-corrected chi connectivity index (χ3v) is 3.87. The van der Waals surface area contributed by atoms with Crippen LogP contribution in [0.5, 0.6) is 0 Å². The highest BCUT2D eigenvalue weighted by molar-refractivity contribution is 7.80. The molecule has 1 aliphatic rings. The minimum absolute atomic E-state index is 0.130. The highest BCUT2D eigenvalue weighted by atomic mass is 32.1. The zero-order valence-corrected chi connectivity index (χ0v) is 11.9. The molecule has 1 aromatic carbocycles. The van der Waals surface area contributed by atoms with Crippen LogP contribution in [0.15, 0.2) is 29.2 Å². The van der Waals surface area contributed by atoms with Crippen molar-refractivity contribution < 1.29 is 4.79 Å². The molecule has 1 aliphatic heterocycles. The van der Waals surface area contributed by atoms with Crippen LogP contribution in [0.4, 0.5) is 0 Å². The molecule has 0 bridgehead atoms. The maximum Gasteiger partial charge on any atom is 0.253 e. The second-order valence-electron chi connectivity index (χ2n) is 4.78. The molecule has 2 rings (SSSR count). The van der Waals surface area contributed by atoms with Crippen LogP contribution in [0.1, 0.15) is 24.2 Å². The number of hydrogen-bond acceptors (Lipinski definition) is 3. The third kappa shape index (κ3) is 2.87. The Balaban J connectivity index is 2.04. The summed E-state index contributed by atoms with van der Waals surface area (Å²) >= 11 is 4.23. The molecule has 3 nitrogen and oxygen atoms in total. The van der Waals surface area contributed by atoms with Crippen molar-refractivity contribution in [1.82, 2.24) is 9.80 Å². The summed E-state index contributed by atoms with van der Waals surface area (Å²) in [7, 11) is 0. The van der Waals surface area contributed by atoms with E-state index in [4.69, 9.17) is 0 Å². The summed E-state index contributed by atoms with van der Waals surface area (Å²) in [6.45, 7) is 8.00. The first-order valence-electron chi connectivity index (χ1n) is 6.44. The molecule has 98 valence electrons. The van der Waals surface area contributed by atoms with Gasteiger partial charge in [-0.3, -0.25) is 9.69 Å².